The molecule has 0 amide bonds. The molecule has 136 valence electrons. The zero-order chi connectivity index (χ0) is 19.1. The number of aliphatic imine (C=N–C) groups is 2. The van der Waals surface area contributed by atoms with Gasteiger partial charge in [-0.2, -0.15) is 0 Å². The second-order valence-corrected chi connectivity index (χ2v) is 7.27. The van der Waals surface area contributed by atoms with Crippen molar-refractivity contribution in [1.29, 1.82) is 0 Å². The van der Waals surface area contributed by atoms with Gasteiger partial charge in [0.05, 0.1) is 23.7 Å². The molecule has 4 heteroatoms. The Morgan fingerprint density at radius 3 is 2.57 bits per heavy atom. The lowest BCUT2D eigenvalue weighted by Gasteiger charge is -2.10. The molecule has 0 fully saturated rings. The lowest BCUT2D eigenvalue weighted by atomic mass is 9.92. The summed E-state index contributed by atoms with van der Waals surface area (Å²) in [6.07, 6.45) is 4.16. The normalized spacial score (nSPS) is 15.5. The lowest BCUT2D eigenvalue weighted by molar-refractivity contribution is -0.114. The summed E-state index contributed by atoms with van der Waals surface area (Å²) in [6.45, 7) is 2.63. The van der Waals surface area contributed by atoms with Gasteiger partial charge < -0.3 is 0 Å². The number of nitrogens with zero attached hydrogens (tertiary/aromatic N) is 3. The van der Waals surface area contributed by atoms with Crippen LogP contribution in [0.5, 0.6) is 0 Å². The molecular formula is C24H19N3O. The first-order valence-corrected chi connectivity index (χ1v) is 9.48. The number of hydrogen-bond donors (Lipinski definition) is 0. The van der Waals surface area contributed by atoms with Gasteiger partial charge in [-0.1, -0.05) is 43.3 Å². The van der Waals surface area contributed by atoms with Crippen LogP contribution < -0.4 is 0 Å². The smallest absolute Gasteiger partial charge is 0.184 e. The van der Waals surface area contributed by atoms with Gasteiger partial charge in [-0.25, -0.2) is 4.99 Å². The number of rotatable bonds is 4. The Balaban J connectivity index is 1.45. The van der Waals surface area contributed by atoms with Crippen LogP contribution in [0.2, 0.25) is 0 Å². The Hall–Kier alpha value is -3.40. The van der Waals surface area contributed by atoms with Crippen molar-refractivity contribution in [2.45, 2.75) is 25.8 Å². The largest absolute Gasteiger partial charge is 0.292 e. The summed E-state index contributed by atoms with van der Waals surface area (Å²) >= 11 is 0. The lowest BCUT2D eigenvalue weighted by Crippen LogP contribution is -2.20. The van der Waals surface area contributed by atoms with Crippen LogP contribution in [-0.2, 0) is 17.8 Å². The highest BCUT2D eigenvalue weighted by Crippen LogP contribution is 2.35. The van der Waals surface area contributed by atoms with Crippen LogP contribution in [0.1, 0.15) is 40.7 Å². The van der Waals surface area contributed by atoms with Crippen LogP contribution in [0.15, 0.2) is 77.0 Å². The van der Waals surface area contributed by atoms with Crippen molar-refractivity contribution in [2.24, 2.45) is 9.98 Å². The third-order valence-electron chi connectivity index (χ3n) is 5.51. The number of aromatic nitrogens is 1. The zero-order valence-corrected chi connectivity index (χ0v) is 15.6. The molecule has 2 aliphatic heterocycles. The van der Waals surface area contributed by atoms with Gasteiger partial charge in [0, 0.05) is 35.9 Å². The molecule has 2 aliphatic rings. The fourth-order valence-electron chi connectivity index (χ4n) is 3.94. The summed E-state index contributed by atoms with van der Waals surface area (Å²) in [4.78, 5) is 26.5. The van der Waals surface area contributed by atoms with Gasteiger partial charge in [-0.15, -0.1) is 0 Å². The third-order valence-corrected chi connectivity index (χ3v) is 5.51. The third kappa shape index (κ3) is 2.78. The molecule has 0 saturated heterocycles. The molecule has 4 nitrogen and oxygen atoms in total. The van der Waals surface area contributed by atoms with Crippen LogP contribution in [0.4, 0.5) is 5.69 Å². The fourth-order valence-corrected chi connectivity index (χ4v) is 3.94. The fraction of sp³-hybridized carbons (Fsp3) is 0.167. The van der Waals surface area contributed by atoms with Crippen LogP contribution in [0.3, 0.4) is 0 Å². The number of Topliss-reactive ketones (excluding diaryl/α,β-unsaturated/α-hetero) is 1. The van der Waals surface area contributed by atoms with Crippen molar-refractivity contribution in [3.05, 3.63) is 94.8 Å². The zero-order valence-electron chi connectivity index (χ0n) is 15.6. The average molecular weight is 365 g/mol. The molecule has 0 unspecified atom stereocenters. The van der Waals surface area contributed by atoms with E-state index in [4.69, 9.17) is 9.98 Å². The van der Waals surface area contributed by atoms with Gasteiger partial charge in [-0.05, 0) is 34.9 Å². The molecular weight excluding hydrogens is 346 g/mol. The first-order valence-electron chi connectivity index (χ1n) is 9.48. The molecule has 1 atom stereocenters. The summed E-state index contributed by atoms with van der Waals surface area (Å²) < 4.78 is 0. The minimum atomic E-state index is -0.185. The standard InChI is InChI=1S/C24H19N3O/c1-15(16-5-3-2-4-6-16)24(28)22-12-18-11-19-14-26-23(17-7-9-25-10-8-17)20(19)13-21(18)27-22/h2-11,13,15H,12,14H2,1H3/t15-/m1/s1. The van der Waals surface area contributed by atoms with Gasteiger partial charge >= 0.3 is 0 Å². The first kappa shape index (κ1) is 16.8. The molecule has 0 N–H and O–H groups in total. The second kappa shape index (κ2) is 6.64. The first-order chi connectivity index (χ1) is 13.7. The molecule has 28 heavy (non-hydrogen) atoms. The number of hydrogen-bond acceptors (Lipinski definition) is 4. The molecule has 3 heterocycles. The van der Waals surface area contributed by atoms with E-state index in [1.54, 1.807) is 12.4 Å². The van der Waals surface area contributed by atoms with Gasteiger partial charge in [0.1, 0.15) is 0 Å². The van der Waals surface area contributed by atoms with E-state index in [-0.39, 0.29) is 11.7 Å². The maximum atomic E-state index is 13.0. The van der Waals surface area contributed by atoms with Crippen LogP contribution in [-0.4, -0.2) is 22.2 Å². The van der Waals surface area contributed by atoms with E-state index in [2.05, 4.69) is 17.1 Å². The molecule has 3 aromatic rings. The van der Waals surface area contributed by atoms with E-state index >= 15 is 0 Å². The Kier molecular flexibility index (Phi) is 3.97. The van der Waals surface area contributed by atoms with Gasteiger partial charge in [-0.3, -0.25) is 14.8 Å². The van der Waals surface area contributed by atoms with Crippen molar-refractivity contribution >= 4 is 22.9 Å². The number of pyridine rings is 1. The topological polar surface area (TPSA) is 54.7 Å². The molecule has 0 saturated carbocycles. The quantitative estimate of drug-likeness (QED) is 0.687. The Labute approximate surface area is 163 Å². The number of carbonyl (C=O) groups excluding carboxylic acids is 1. The molecule has 2 aromatic carbocycles. The van der Waals surface area contributed by atoms with Crippen molar-refractivity contribution in [3.63, 3.8) is 0 Å². The highest BCUT2D eigenvalue weighted by molar-refractivity contribution is 6.43. The molecule has 0 aliphatic carbocycles. The Morgan fingerprint density at radius 2 is 1.79 bits per heavy atom. The van der Waals surface area contributed by atoms with Crippen molar-refractivity contribution in [1.82, 2.24) is 4.98 Å². The predicted octanol–water partition coefficient (Wildman–Crippen LogP) is 4.43. The maximum Gasteiger partial charge on any atom is 0.184 e. The summed E-state index contributed by atoms with van der Waals surface area (Å²) in [7, 11) is 0. The van der Waals surface area contributed by atoms with E-state index in [1.807, 2.05) is 49.4 Å². The maximum absolute atomic E-state index is 13.0. The van der Waals surface area contributed by atoms with Crippen molar-refractivity contribution in [3.8, 4) is 0 Å². The number of fused-ring (bicyclic) bond motifs is 2. The molecule has 1 aromatic heterocycles. The predicted molar refractivity (Wildman–Crippen MR) is 111 cm³/mol. The highest BCUT2D eigenvalue weighted by atomic mass is 16.1. The van der Waals surface area contributed by atoms with Crippen LogP contribution in [0, 0.1) is 0 Å². The number of benzene rings is 2. The molecule has 0 spiro atoms. The Morgan fingerprint density at radius 1 is 1.00 bits per heavy atom. The number of carbonyl (C=O) groups is 1. The van der Waals surface area contributed by atoms with Crippen LogP contribution in [0.25, 0.3) is 0 Å². The van der Waals surface area contributed by atoms with Crippen molar-refractivity contribution in [2.75, 3.05) is 0 Å². The molecule has 5 rings (SSSR count). The van der Waals surface area contributed by atoms with E-state index in [0.29, 0.717) is 18.7 Å². The molecule has 0 radical (unpaired) electrons. The summed E-state index contributed by atoms with van der Waals surface area (Å²) in [6, 6.07) is 18.1. The SMILES string of the molecule is C[C@@H](C(=O)C1=Nc2cc3c(cc2C1)CN=C3c1ccncc1)c1ccccc1. The van der Waals surface area contributed by atoms with E-state index in [1.165, 1.54) is 5.56 Å². The highest BCUT2D eigenvalue weighted by Gasteiger charge is 2.28. The van der Waals surface area contributed by atoms with Gasteiger partial charge in [0.2, 0.25) is 0 Å². The van der Waals surface area contributed by atoms with Crippen molar-refractivity contribution < 1.29 is 4.79 Å². The van der Waals surface area contributed by atoms with E-state index < -0.39 is 0 Å². The van der Waals surface area contributed by atoms with Gasteiger partial charge in [0.25, 0.3) is 0 Å². The summed E-state index contributed by atoms with van der Waals surface area (Å²) in [5.41, 5.74) is 8.04. The van der Waals surface area contributed by atoms with E-state index in [0.717, 1.165) is 33.7 Å². The summed E-state index contributed by atoms with van der Waals surface area (Å²) in [5, 5.41) is 0. The monoisotopic (exact) mass is 365 g/mol. The molecule has 0 bridgehead atoms. The minimum absolute atomic E-state index is 0.102. The average Bonchev–Trinajstić information content (AvgIpc) is 3.35. The Bertz CT molecular complexity index is 1130. The van der Waals surface area contributed by atoms with Gasteiger partial charge in [0.15, 0.2) is 5.78 Å². The number of ketones is 1. The summed E-state index contributed by atoms with van der Waals surface area (Å²) in [5.74, 6) is -0.0827. The second-order valence-electron chi connectivity index (χ2n) is 7.27. The van der Waals surface area contributed by atoms with E-state index in [9.17, 15) is 4.79 Å². The minimum Gasteiger partial charge on any atom is -0.292 e. The van der Waals surface area contributed by atoms with Crippen LogP contribution >= 0.6 is 0 Å².